The van der Waals surface area contributed by atoms with Gasteiger partial charge < -0.3 is 10.4 Å². The minimum atomic E-state index is -3.94. The van der Waals surface area contributed by atoms with Gasteiger partial charge in [-0.15, -0.1) is 23.1 Å². The number of hydrogen-bond donors (Lipinski definition) is 3. The third-order valence-electron chi connectivity index (χ3n) is 6.46. The van der Waals surface area contributed by atoms with Gasteiger partial charge in [-0.25, -0.2) is 9.97 Å². The Morgan fingerprint density at radius 3 is 2.92 bits per heavy atom. The van der Waals surface area contributed by atoms with Crippen molar-refractivity contribution in [2.45, 2.75) is 42.8 Å². The Hall–Kier alpha value is -2.06. The molecule has 0 spiro atoms. The van der Waals surface area contributed by atoms with Crippen molar-refractivity contribution in [1.29, 1.82) is 0 Å². The van der Waals surface area contributed by atoms with E-state index in [1.165, 1.54) is 42.0 Å². The smallest absolute Gasteiger partial charge is 0.335 e. The number of fused-ring (bicyclic) bond motifs is 1. The molecule has 2 aromatic heterocycles. The van der Waals surface area contributed by atoms with Crippen LogP contribution >= 0.6 is 34.7 Å². The van der Waals surface area contributed by atoms with Crippen molar-refractivity contribution >= 4 is 56.6 Å². The Balaban J connectivity index is 1.33. The van der Waals surface area contributed by atoms with Crippen LogP contribution in [0.25, 0.3) is 0 Å². The predicted molar refractivity (Wildman–Crippen MR) is 145 cm³/mol. The number of carbonyl (C=O) groups is 1. The Labute approximate surface area is 228 Å². The molecule has 0 unspecified atom stereocenters. The third-order valence-corrected chi connectivity index (χ3v) is 9.94. The maximum atomic E-state index is 13.5. The molecule has 0 saturated heterocycles. The number of nitrogens with one attached hydrogen (secondary N) is 2. The summed E-state index contributed by atoms with van der Waals surface area (Å²) in [5, 5.41) is 16.3. The number of rotatable bonds is 8. The number of ketones is 1. The molecule has 1 aromatic carbocycles. The molecule has 2 aliphatic rings. The van der Waals surface area contributed by atoms with Gasteiger partial charge in [-0.3, -0.25) is 8.98 Å². The standard InChI is InChI=1S/C24H25ClN4O5S3/c1-26-37(32,33)34-20-9-16(8-19(20)30)29-24-18(10-27-12-28-24)22(31)21-6-14(11-36-21)23-17-7-15(25)3-2-13(17)4-5-35-23/h2-3,6-7,10-12,16,19-20,23,26,30H,4-5,8-9H2,1H3,(H,27,28,29)/t16-,19+,20-,23-/m1/s1. The zero-order valence-corrected chi connectivity index (χ0v) is 23.0. The number of benzene rings is 1. The van der Waals surface area contributed by atoms with E-state index < -0.39 is 22.5 Å². The molecular weight excluding hydrogens is 556 g/mol. The lowest BCUT2D eigenvalue weighted by Gasteiger charge is -2.24. The van der Waals surface area contributed by atoms with Gasteiger partial charge in [0, 0.05) is 24.3 Å². The van der Waals surface area contributed by atoms with Crippen molar-refractivity contribution in [2.24, 2.45) is 0 Å². The molecule has 37 heavy (non-hydrogen) atoms. The van der Waals surface area contributed by atoms with E-state index in [2.05, 4.69) is 26.1 Å². The molecule has 1 fully saturated rings. The number of aryl methyl sites for hydroxylation is 1. The molecule has 1 saturated carbocycles. The average molecular weight is 581 g/mol. The molecule has 5 rings (SSSR count). The molecule has 1 aliphatic carbocycles. The van der Waals surface area contributed by atoms with Crippen LogP contribution < -0.4 is 10.0 Å². The number of anilines is 1. The van der Waals surface area contributed by atoms with Crippen LogP contribution in [-0.4, -0.2) is 60.3 Å². The van der Waals surface area contributed by atoms with Crippen LogP contribution in [0.15, 0.2) is 42.2 Å². The molecular formula is C24H25ClN4O5S3. The number of carbonyl (C=O) groups excluding carboxylic acids is 1. The van der Waals surface area contributed by atoms with Crippen LogP contribution in [0.4, 0.5) is 5.82 Å². The predicted octanol–water partition coefficient (Wildman–Crippen LogP) is 3.59. The van der Waals surface area contributed by atoms with E-state index in [0.717, 1.165) is 17.7 Å². The first-order chi connectivity index (χ1) is 17.7. The van der Waals surface area contributed by atoms with Crippen LogP contribution in [0.2, 0.25) is 5.02 Å². The van der Waals surface area contributed by atoms with Crippen molar-refractivity contribution in [3.63, 3.8) is 0 Å². The van der Waals surface area contributed by atoms with Gasteiger partial charge in [0.15, 0.2) is 0 Å². The molecule has 0 bridgehead atoms. The zero-order valence-electron chi connectivity index (χ0n) is 19.8. The molecule has 3 heterocycles. The van der Waals surface area contributed by atoms with E-state index >= 15 is 0 Å². The van der Waals surface area contributed by atoms with E-state index in [4.69, 9.17) is 15.8 Å². The number of thioether (sulfide) groups is 1. The van der Waals surface area contributed by atoms with Gasteiger partial charge in [-0.2, -0.15) is 13.1 Å². The summed E-state index contributed by atoms with van der Waals surface area (Å²) in [7, 11) is -2.70. The topological polar surface area (TPSA) is 131 Å². The second-order valence-electron chi connectivity index (χ2n) is 8.88. The maximum Gasteiger partial charge on any atom is 0.335 e. The second-order valence-corrected chi connectivity index (χ2v) is 12.9. The number of aromatic nitrogens is 2. The summed E-state index contributed by atoms with van der Waals surface area (Å²) in [4.78, 5) is 22.4. The summed E-state index contributed by atoms with van der Waals surface area (Å²) >= 11 is 9.48. The summed E-state index contributed by atoms with van der Waals surface area (Å²) in [6.45, 7) is 0. The van der Waals surface area contributed by atoms with Crippen molar-refractivity contribution in [1.82, 2.24) is 14.7 Å². The number of aliphatic hydroxyl groups excluding tert-OH is 1. The lowest BCUT2D eigenvalue weighted by atomic mass is 9.98. The molecule has 0 amide bonds. The highest BCUT2D eigenvalue weighted by Crippen LogP contribution is 2.44. The van der Waals surface area contributed by atoms with Gasteiger partial charge >= 0.3 is 10.3 Å². The first-order valence-electron chi connectivity index (χ1n) is 11.6. The fourth-order valence-electron chi connectivity index (χ4n) is 4.64. The first-order valence-corrected chi connectivity index (χ1v) is 15.3. The highest BCUT2D eigenvalue weighted by molar-refractivity contribution is 7.99. The van der Waals surface area contributed by atoms with E-state index in [-0.39, 0.29) is 29.9 Å². The van der Waals surface area contributed by atoms with Crippen LogP contribution in [0, 0.1) is 0 Å². The van der Waals surface area contributed by atoms with Gasteiger partial charge in [-0.05, 0) is 65.3 Å². The molecule has 4 atom stereocenters. The number of hydrogen-bond acceptors (Lipinski definition) is 10. The SMILES string of the molecule is CNS(=O)(=O)O[C@@H]1C[C@H](Nc2ncncc2C(=O)c2cc([C@H]3SCCc4ccc(Cl)cc43)cs2)C[C@@H]1O. The molecule has 3 N–H and O–H groups in total. The van der Waals surface area contributed by atoms with Crippen molar-refractivity contribution in [2.75, 3.05) is 18.1 Å². The normalized spacial score (nSPS) is 23.5. The third kappa shape index (κ3) is 5.85. The Morgan fingerprint density at radius 1 is 1.27 bits per heavy atom. The minimum absolute atomic E-state index is 0.107. The lowest BCUT2D eigenvalue weighted by molar-refractivity contribution is 0.0636. The molecule has 3 aromatic rings. The largest absolute Gasteiger partial charge is 0.390 e. The summed E-state index contributed by atoms with van der Waals surface area (Å²) in [5.41, 5.74) is 3.82. The number of thiophene rings is 1. The molecule has 0 radical (unpaired) electrons. The summed E-state index contributed by atoms with van der Waals surface area (Å²) in [5.74, 6) is 1.11. The van der Waals surface area contributed by atoms with Gasteiger partial charge in [0.05, 0.1) is 21.8 Å². The van der Waals surface area contributed by atoms with Crippen molar-refractivity contribution in [3.8, 4) is 0 Å². The van der Waals surface area contributed by atoms with Gasteiger partial charge in [0.1, 0.15) is 18.2 Å². The van der Waals surface area contributed by atoms with E-state index in [1.54, 1.807) is 0 Å². The zero-order chi connectivity index (χ0) is 26.2. The van der Waals surface area contributed by atoms with Gasteiger partial charge in [0.2, 0.25) is 5.78 Å². The summed E-state index contributed by atoms with van der Waals surface area (Å²) < 4.78 is 30.6. The van der Waals surface area contributed by atoms with E-state index in [0.29, 0.717) is 21.3 Å². The molecule has 13 heteroatoms. The first kappa shape index (κ1) is 26.5. The maximum absolute atomic E-state index is 13.5. The van der Waals surface area contributed by atoms with Gasteiger partial charge in [0.25, 0.3) is 0 Å². The van der Waals surface area contributed by atoms with Crippen LogP contribution in [0.5, 0.6) is 0 Å². The highest BCUT2D eigenvalue weighted by atomic mass is 35.5. The van der Waals surface area contributed by atoms with E-state index in [1.807, 2.05) is 35.3 Å². The Bertz CT molecular complexity index is 1420. The van der Waals surface area contributed by atoms with Crippen LogP contribution in [-0.2, 0) is 20.9 Å². The van der Waals surface area contributed by atoms with Crippen LogP contribution in [0.3, 0.4) is 0 Å². The quantitative estimate of drug-likeness (QED) is 0.342. The fraction of sp³-hybridized carbons (Fsp3) is 0.375. The van der Waals surface area contributed by atoms with E-state index in [9.17, 15) is 18.3 Å². The fourth-order valence-corrected chi connectivity index (χ4v) is 7.73. The van der Waals surface area contributed by atoms with Crippen molar-refractivity contribution in [3.05, 3.63) is 74.3 Å². The second kappa shape index (κ2) is 11.0. The highest BCUT2D eigenvalue weighted by Gasteiger charge is 2.37. The Morgan fingerprint density at radius 2 is 2.11 bits per heavy atom. The van der Waals surface area contributed by atoms with Gasteiger partial charge in [-0.1, -0.05) is 17.7 Å². The summed E-state index contributed by atoms with van der Waals surface area (Å²) in [6, 6.07) is 7.58. The summed E-state index contributed by atoms with van der Waals surface area (Å²) in [6.07, 6.45) is 2.37. The molecule has 9 nitrogen and oxygen atoms in total. The minimum Gasteiger partial charge on any atom is -0.390 e. The molecule has 1 aliphatic heterocycles. The Kier molecular flexibility index (Phi) is 7.87. The monoisotopic (exact) mass is 580 g/mol. The van der Waals surface area contributed by atoms with Crippen LogP contribution in [0.1, 0.15) is 50.0 Å². The molecule has 196 valence electrons. The number of aliphatic hydroxyl groups is 1. The number of nitrogens with zero attached hydrogens (tertiary/aromatic N) is 2. The average Bonchev–Trinajstić information content (AvgIpc) is 3.50. The van der Waals surface area contributed by atoms with Crippen molar-refractivity contribution < 1.29 is 22.5 Å². The lowest BCUT2D eigenvalue weighted by Crippen LogP contribution is -2.31. The number of halogens is 1.